The van der Waals surface area contributed by atoms with Gasteiger partial charge in [-0.05, 0) is 56.5 Å². The van der Waals surface area contributed by atoms with Crippen molar-refractivity contribution in [3.63, 3.8) is 0 Å². The van der Waals surface area contributed by atoms with Gasteiger partial charge < -0.3 is 14.8 Å². The number of anilines is 1. The van der Waals surface area contributed by atoms with Gasteiger partial charge in [0.2, 0.25) is 10.0 Å². The number of methoxy groups -OCH3 is 1. The van der Waals surface area contributed by atoms with E-state index in [1.165, 1.54) is 17.5 Å². The quantitative estimate of drug-likeness (QED) is 0.724. The second-order valence-corrected chi connectivity index (χ2v) is 9.34. The summed E-state index contributed by atoms with van der Waals surface area (Å²) in [7, 11) is -2.27. The van der Waals surface area contributed by atoms with Crippen molar-refractivity contribution in [2.45, 2.75) is 38.0 Å². The Morgan fingerprint density at radius 1 is 1.03 bits per heavy atom. The van der Waals surface area contributed by atoms with Gasteiger partial charge in [-0.3, -0.25) is 4.79 Å². The van der Waals surface area contributed by atoms with E-state index >= 15 is 0 Å². The van der Waals surface area contributed by atoms with Crippen molar-refractivity contribution in [3.8, 4) is 11.5 Å². The van der Waals surface area contributed by atoms with Gasteiger partial charge in [-0.2, -0.15) is 4.31 Å². The van der Waals surface area contributed by atoms with Crippen molar-refractivity contribution in [1.82, 2.24) is 4.31 Å². The maximum Gasteiger partial charge on any atom is 0.262 e. The minimum atomic E-state index is -3.70. The summed E-state index contributed by atoms with van der Waals surface area (Å²) < 4.78 is 38.5. The Kier molecular flexibility index (Phi) is 6.99. The minimum Gasteiger partial charge on any atom is -0.495 e. The molecule has 0 aliphatic carbocycles. The number of hydrogen-bond donors (Lipinski definition) is 1. The molecule has 3 rings (SSSR count). The summed E-state index contributed by atoms with van der Waals surface area (Å²) in [5.41, 5.74) is 2.44. The van der Waals surface area contributed by atoms with Crippen molar-refractivity contribution in [2.24, 2.45) is 0 Å². The molecule has 7 nitrogen and oxygen atoms in total. The maximum absolute atomic E-state index is 13.1. The Labute approximate surface area is 178 Å². The fourth-order valence-electron chi connectivity index (χ4n) is 3.50. The highest BCUT2D eigenvalue weighted by atomic mass is 32.2. The number of aryl methyl sites for hydroxylation is 2. The standard InChI is InChI=1S/C22H28N2O5S/c1-16-7-9-19(17(2)13-16)29-15-22(25)23-18-8-10-20(28-3)21(14-18)30(26,27)24-11-5-4-6-12-24/h7-10,13-14H,4-6,11-12,15H2,1-3H3,(H,23,25). The van der Waals surface area contributed by atoms with Crippen LogP contribution in [0.25, 0.3) is 0 Å². The number of piperidine rings is 1. The molecule has 0 aromatic heterocycles. The Morgan fingerprint density at radius 2 is 1.73 bits per heavy atom. The van der Waals surface area contributed by atoms with E-state index in [9.17, 15) is 13.2 Å². The summed E-state index contributed by atoms with van der Waals surface area (Å²) in [6.45, 7) is 4.71. The lowest BCUT2D eigenvalue weighted by atomic mass is 10.1. The molecule has 0 atom stereocenters. The topological polar surface area (TPSA) is 84.9 Å². The molecule has 1 fully saturated rings. The molecule has 1 N–H and O–H groups in total. The predicted octanol–water partition coefficient (Wildman–Crippen LogP) is 3.50. The van der Waals surface area contributed by atoms with Gasteiger partial charge in [0.25, 0.3) is 5.91 Å². The van der Waals surface area contributed by atoms with Gasteiger partial charge in [-0.25, -0.2) is 8.42 Å². The maximum atomic E-state index is 13.1. The van der Waals surface area contributed by atoms with E-state index in [2.05, 4.69) is 5.32 Å². The Bertz CT molecular complexity index is 1010. The van der Waals surface area contributed by atoms with Crippen LogP contribution in [0.4, 0.5) is 5.69 Å². The predicted molar refractivity (Wildman–Crippen MR) is 116 cm³/mol. The molecule has 1 aliphatic rings. The van der Waals surface area contributed by atoms with Crippen LogP contribution >= 0.6 is 0 Å². The van der Waals surface area contributed by atoms with Crippen LogP contribution in [0, 0.1) is 13.8 Å². The fraction of sp³-hybridized carbons (Fsp3) is 0.409. The third-order valence-corrected chi connectivity index (χ3v) is 6.99. The first-order chi connectivity index (χ1) is 14.3. The van der Waals surface area contributed by atoms with Crippen LogP contribution in [-0.2, 0) is 14.8 Å². The zero-order chi connectivity index (χ0) is 21.7. The van der Waals surface area contributed by atoms with Crippen molar-refractivity contribution in [1.29, 1.82) is 0 Å². The SMILES string of the molecule is COc1ccc(NC(=O)COc2ccc(C)cc2C)cc1S(=O)(=O)N1CCCCC1. The zero-order valence-electron chi connectivity index (χ0n) is 17.6. The monoisotopic (exact) mass is 432 g/mol. The van der Waals surface area contributed by atoms with E-state index in [1.807, 2.05) is 32.0 Å². The number of nitrogens with one attached hydrogen (secondary N) is 1. The number of benzene rings is 2. The molecule has 0 radical (unpaired) electrons. The second kappa shape index (κ2) is 9.49. The third-order valence-electron chi connectivity index (χ3n) is 5.07. The normalized spacial score (nSPS) is 14.9. The fourth-order valence-corrected chi connectivity index (χ4v) is 5.20. The van der Waals surface area contributed by atoms with Gasteiger partial charge in [-0.15, -0.1) is 0 Å². The summed E-state index contributed by atoms with van der Waals surface area (Å²) in [5.74, 6) is 0.519. The van der Waals surface area contributed by atoms with E-state index in [0.29, 0.717) is 24.5 Å². The molecule has 8 heteroatoms. The van der Waals surface area contributed by atoms with E-state index in [-0.39, 0.29) is 23.2 Å². The number of hydrogen-bond acceptors (Lipinski definition) is 5. The number of sulfonamides is 1. The van der Waals surface area contributed by atoms with Gasteiger partial charge in [0.05, 0.1) is 7.11 Å². The average molecular weight is 433 g/mol. The van der Waals surface area contributed by atoms with Crippen LogP contribution in [-0.4, -0.2) is 45.4 Å². The highest BCUT2D eigenvalue weighted by molar-refractivity contribution is 7.89. The lowest BCUT2D eigenvalue weighted by Crippen LogP contribution is -2.35. The first-order valence-corrected chi connectivity index (χ1v) is 11.4. The lowest BCUT2D eigenvalue weighted by Gasteiger charge is -2.26. The molecule has 1 heterocycles. The summed E-state index contributed by atoms with van der Waals surface area (Å²) in [6.07, 6.45) is 2.71. The van der Waals surface area contributed by atoms with Gasteiger partial charge >= 0.3 is 0 Å². The molecule has 1 amide bonds. The zero-order valence-corrected chi connectivity index (χ0v) is 18.4. The highest BCUT2D eigenvalue weighted by Gasteiger charge is 2.29. The molecule has 0 saturated carbocycles. The van der Waals surface area contributed by atoms with Crippen LogP contribution < -0.4 is 14.8 Å². The van der Waals surface area contributed by atoms with E-state index in [4.69, 9.17) is 9.47 Å². The first kappa shape index (κ1) is 22.1. The molecule has 162 valence electrons. The Balaban J connectivity index is 1.73. The number of ether oxygens (including phenoxy) is 2. The molecular weight excluding hydrogens is 404 g/mol. The van der Waals surface area contributed by atoms with E-state index in [0.717, 1.165) is 30.4 Å². The molecule has 30 heavy (non-hydrogen) atoms. The van der Waals surface area contributed by atoms with Gasteiger partial charge in [0.1, 0.15) is 16.4 Å². The second-order valence-electron chi connectivity index (χ2n) is 7.44. The Morgan fingerprint density at radius 3 is 2.40 bits per heavy atom. The number of rotatable bonds is 7. The van der Waals surface area contributed by atoms with Gasteiger partial charge in [-0.1, -0.05) is 24.1 Å². The number of nitrogens with zero attached hydrogens (tertiary/aromatic N) is 1. The molecular formula is C22H28N2O5S. The highest BCUT2D eigenvalue weighted by Crippen LogP contribution is 2.31. The van der Waals surface area contributed by atoms with Crippen LogP contribution in [0.15, 0.2) is 41.3 Å². The molecule has 1 aliphatic heterocycles. The van der Waals surface area contributed by atoms with Crippen LogP contribution in [0.1, 0.15) is 30.4 Å². The largest absolute Gasteiger partial charge is 0.495 e. The smallest absolute Gasteiger partial charge is 0.262 e. The van der Waals surface area contributed by atoms with Crippen LogP contribution in [0.3, 0.4) is 0 Å². The first-order valence-electron chi connectivity index (χ1n) is 9.99. The number of carbonyl (C=O) groups excluding carboxylic acids is 1. The molecule has 0 bridgehead atoms. The van der Waals surface area contributed by atoms with Crippen molar-refractivity contribution < 1.29 is 22.7 Å². The summed E-state index contributed by atoms with van der Waals surface area (Å²) in [5, 5.41) is 2.71. The summed E-state index contributed by atoms with van der Waals surface area (Å²) >= 11 is 0. The van der Waals surface area contributed by atoms with E-state index < -0.39 is 10.0 Å². The average Bonchev–Trinajstić information content (AvgIpc) is 2.73. The summed E-state index contributed by atoms with van der Waals surface area (Å²) in [6, 6.07) is 10.3. The number of amides is 1. The Hall–Kier alpha value is -2.58. The van der Waals surface area contributed by atoms with Gasteiger partial charge in [0.15, 0.2) is 6.61 Å². The van der Waals surface area contributed by atoms with Crippen molar-refractivity contribution in [3.05, 3.63) is 47.5 Å². The molecule has 1 saturated heterocycles. The number of carbonyl (C=O) groups is 1. The summed E-state index contributed by atoms with van der Waals surface area (Å²) in [4.78, 5) is 12.4. The van der Waals surface area contributed by atoms with E-state index in [1.54, 1.807) is 12.1 Å². The lowest BCUT2D eigenvalue weighted by molar-refractivity contribution is -0.118. The van der Waals surface area contributed by atoms with Crippen molar-refractivity contribution in [2.75, 3.05) is 32.1 Å². The molecule has 0 spiro atoms. The van der Waals surface area contributed by atoms with Crippen LogP contribution in [0.2, 0.25) is 0 Å². The van der Waals surface area contributed by atoms with Crippen molar-refractivity contribution >= 4 is 21.6 Å². The molecule has 2 aromatic carbocycles. The van der Waals surface area contributed by atoms with Gasteiger partial charge in [0, 0.05) is 18.8 Å². The minimum absolute atomic E-state index is 0.0556. The molecule has 0 unspecified atom stereocenters. The molecule has 2 aromatic rings. The third kappa shape index (κ3) is 5.12. The van der Waals surface area contributed by atoms with Crippen LogP contribution in [0.5, 0.6) is 11.5 Å².